The van der Waals surface area contributed by atoms with E-state index in [1.807, 2.05) is 0 Å². The van der Waals surface area contributed by atoms with Gasteiger partial charge in [0, 0.05) is 12.6 Å². The van der Waals surface area contributed by atoms with Crippen LogP contribution in [-0.4, -0.2) is 55.6 Å². The summed E-state index contributed by atoms with van der Waals surface area (Å²) in [6, 6.07) is 0.801. The van der Waals surface area contributed by atoms with Gasteiger partial charge in [0.2, 0.25) is 0 Å². The summed E-state index contributed by atoms with van der Waals surface area (Å²) in [5.74, 6) is 2.60. The Kier molecular flexibility index (Phi) is 3.42. The molecule has 4 rings (SSSR count). The van der Waals surface area contributed by atoms with Crippen molar-refractivity contribution in [2.24, 2.45) is 23.5 Å². The summed E-state index contributed by atoms with van der Waals surface area (Å²) in [6.07, 6.45) is 5.62. The molecular weight excluding hydrogens is 210 g/mol. The summed E-state index contributed by atoms with van der Waals surface area (Å²) >= 11 is 0. The largest absolute Gasteiger partial charge is 0.330 e. The van der Waals surface area contributed by atoms with Crippen molar-refractivity contribution in [2.45, 2.75) is 31.7 Å². The second kappa shape index (κ2) is 4.87. The second-order valence-electron chi connectivity index (χ2n) is 6.43. The lowest BCUT2D eigenvalue weighted by molar-refractivity contribution is -0.0483. The number of nitrogens with zero attached hydrogens (tertiary/aromatic N) is 2. The molecule has 0 aromatic rings. The first-order valence-corrected chi connectivity index (χ1v) is 7.42. The summed E-state index contributed by atoms with van der Waals surface area (Å²) in [4.78, 5) is 5.28. The third-order valence-corrected chi connectivity index (χ3v) is 5.46. The number of hydrogen-bond donors (Lipinski definition) is 1. The van der Waals surface area contributed by atoms with Crippen molar-refractivity contribution in [1.82, 2.24) is 9.80 Å². The number of piperidine rings is 4. The van der Waals surface area contributed by atoms with Crippen LogP contribution in [0.2, 0.25) is 0 Å². The summed E-state index contributed by atoms with van der Waals surface area (Å²) < 4.78 is 0. The molecule has 4 aliphatic rings. The molecule has 4 fully saturated rings. The molecule has 4 aliphatic heterocycles. The number of nitrogens with two attached hydrogens (primary N) is 1. The highest BCUT2D eigenvalue weighted by Crippen LogP contribution is 2.41. The highest BCUT2D eigenvalue weighted by Gasteiger charge is 2.45. The molecule has 2 N–H and O–H groups in total. The third-order valence-electron chi connectivity index (χ3n) is 5.46. The lowest BCUT2D eigenvalue weighted by Crippen LogP contribution is -2.61. The topological polar surface area (TPSA) is 32.5 Å². The standard InChI is InChI=1S/C14H27N3/c1-16-6-2-3-12(10-16)14-13(9-15)11-4-7-17(14)8-5-11/h11-14H,2-10,15H2,1H3. The van der Waals surface area contributed by atoms with Crippen molar-refractivity contribution in [3.05, 3.63) is 0 Å². The molecule has 0 aromatic carbocycles. The Morgan fingerprint density at radius 1 is 1.06 bits per heavy atom. The average Bonchev–Trinajstić information content (AvgIpc) is 2.39. The smallest absolute Gasteiger partial charge is 0.0179 e. The van der Waals surface area contributed by atoms with Gasteiger partial charge in [0.1, 0.15) is 0 Å². The van der Waals surface area contributed by atoms with Gasteiger partial charge in [-0.2, -0.15) is 0 Å². The van der Waals surface area contributed by atoms with E-state index in [-0.39, 0.29) is 0 Å². The summed E-state index contributed by atoms with van der Waals surface area (Å²) in [5, 5.41) is 0. The van der Waals surface area contributed by atoms with Gasteiger partial charge < -0.3 is 10.6 Å². The molecule has 98 valence electrons. The predicted molar refractivity (Wildman–Crippen MR) is 70.9 cm³/mol. The average molecular weight is 237 g/mol. The fourth-order valence-corrected chi connectivity index (χ4v) is 4.66. The van der Waals surface area contributed by atoms with Crippen molar-refractivity contribution in [3.63, 3.8) is 0 Å². The Morgan fingerprint density at radius 2 is 1.82 bits per heavy atom. The number of fused-ring (bicyclic) bond motifs is 3. The fourth-order valence-electron chi connectivity index (χ4n) is 4.66. The van der Waals surface area contributed by atoms with Crippen LogP contribution in [0.4, 0.5) is 0 Å². The number of rotatable bonds is 2. The molecule has 3 heteroatoms. The van der Waals surface area contributed by atoms with Crippen molar-refractivity contribution in [1.29, 1.82) is 0 Å². The first kappa shape index (κ1) is 11.9. The van der Waals surface area contributed by atoms with E-state index in [1.54, 1.807) is 0 Å². The molecular formula is C14H27N3. The van der Waals surface area contributed by atoms with E-state index >= 15 is 0 Å². The summed E-state index contributed by atoms with van der Waals surface area (Å²) in [5.41, 5.74) is 6.08. The molecule has 4 saturated heterocycles. The Hall–Kier alpha value is -0.120. The van der Waals surface area contributed by atoms with Crippen LogP contribution >= 0.6 is 0 Å². The lowest BCUT2D eigenvalue weighted by Gasteiger charge is -2.54. The molecule has 3 unspecified atom stereocenters. The van der Waals surface area contributed by atoms with E-state index in [9.17, 15) is 0 Å². The normalized spacial score (nSPS) is 47.3. The maximum atomic E-state index is 6.08. The molecule has 3 atom stereocenters. The van der Waals surface area contributed by atoms with E-state index in [0.717, 1.165) is 30.3 Å². The molecule has 0 radical (unpaired) electrons. The van der Waals surface area contributed by atoms with Gasteiger partial charge in [0.05, 0.1) is 0 Å². The van der Waals surface area contributed by atoms with Crippen LogP contribution in [0.3, 0.4) is 0 Å². The van der Waals surface area contributed by atoms with Gasteiger partial charge in [-0.3, -0.25) is 4.90 Å². The van der Waals surface area contributed by atoms with E-state index < -0.39 is 0 Å². The molecule has 17 heavy (non-hydrogen) atoms. The Balaban J connectivity index is 1.75. The van der Waals surface area contributed by atoms with Crippen molar-refractivity contribution < 1.29 is 0 Å². The molecule has 0 amide bonds. The van der Waals surface area contributed by atoms with Crippen molar-refractivity contribution in [3.8, 4) is 0 Å². The minimum Gasteiger partial charge on any atom is -0.330 e. The van der Waals surface area contributed by atoms with E-state index in [0.29, 0.717) is 0 Å². The monoisotopic (exact) mass is 237 g/mol. The highest BCUT2D eigenvalue weighted by atomic mass is 15.2. The van der Waals surface area contributed by atoms with Gasteiger partial charge in [-0.25, -0.2) is 0 Å². The number of hydrogen-bond acceptors (Lipinski definition) is 3. The third kappa shape index (κ3) is 2.13. The first-order chi connectivity index (χ1) is 8.29. The quantitative estimate of drug-likeness (QED) is 0.777. The van der Waals surface area contributed by atoms with Gasteiger partial charge in [-0.05, 0) is 76.7 Å². The first-order valence-electron chi connectivity index (χ1n) is 7.42. The second-order valence-corrected chi connectivity index (χ2v) is 6.43. The van der Waals surface area contributed by atoms with Crippen LogP contribution in [-0.2, 0) is 0 Å². The zero-order valence-electron chi connectivity index (χ0n) is 11.1. The van der Waals surface area contributed by atoms with Crippen LogP contribution in [0.5, 0.6) is 0 Å². The zero-order valence-corrected chi connectivity index (χ0v) is 11.1. The Morgan fingerprint density at radius 3 is 2.47 bits per heavy atom. The minimum atomic E-state index is 0.786. The molecule has 3 nitrogen and oxygen atoms in total. The molecule has 0 aromatic heterocycles. The van der Waals surface area contributed by atoms with Gasteiger partial charge in [-0.1, -0.05) is 0 Å². The molecule has 0 spiro atoms. The molecule has 4 heterocycles. The maximum Gasteiger partial charge on any atom is 0.0179 e. The van der Waals surface area contributed by atoms with Crippen LogP contribution in [0.15, 0.2) is 0 Å². The van der Waals surface area contributed by atoms with Gasteiger partial charge >= 0.3 is 0 Å². The Labute approximate surface area is 105 Å². The SMILES string of the molecule is CN1CCCC(C2C(CN)C3CCN2CC3)C1. The Bertz CT molecular complexity index is 260. The zero-order chi connectivity index (χ0) is 11.8. The number of likely N-dealkylation sites (tertiary alicyclic amines) is 1. The van der Waals surface area contributed by atoms with E-state index in [4.69, 9.17) is 5.73 Å². The summed E-state index contributed by atoms with van der Waals surface area (Å²) in [7, 11) is 2.28. The molecule has 2 bridgehead atoms. The van der Waals surface area contributed by atoms with E-state index in [1.165, 1.54) is 51.9 Å². The predicted octanol–water partition coefficient (Wildman–Crippen LogP) is 0.997. The van der Waals surface area contributed by atoms with Crippen LogP contribution < -0.4 is 5.73 Å². The maximum absolute atomic E-state index is 6.08. The van der Waals surface area contributed by atoms with Crippen LogP contribution in [0.1, 0.15) is 25.7 Å². The minimum absolute atomic E-state index is 0.786. The van der Waals surface area contributed by atoms with E-state index in [2.05, 4.69) is 16.8 Å². The van der Waals surface area contributed by atoms with Crippen LogP contribution in [0.25, 0.3) is 0 Å². The van der Waals surface area contributed by atoms with Crippen LogP contribution in [0, 0.1) is 17.8 Å². The van der Waals surface area contributed by atoms with Gasteiger partial charge in [0.15, 0.2) is 0 Å². The highest BCUT2D eigenvalue weighted by molar-refractivity contribution is 4.99. The van der Waals surface area contributed by atoms with Crippen molar-refractivity contribution >= 4 is 0 Å². The summed E-state index contributed by atoms with van der Waals surface area (Å²) in [6.45, 7) is 6.18. The molecule has 0 saturated carbocycles. The lowest BCUT2D eigenvalue weighted by atomic mass is 9.68. The van der Waals surface area contributed by atoms with Gasteiger partial charge in [0.25, 0.3) is 0 Å². The fraction of sp³-hybridized carbons (Fsp3) is 1.00. The van der Waals surface area contributed by atoms with Gasteiger partial charge in [-0.15, -0.1) is 0 Å². The molecule has 0 aliphatic carbocycles. The van der Waals surface area contributed by atoms with Crippen molar-refractivity contribution in [2.75, 3.05) is 39.8 Å².